The van der Waals surface area contributed by atoms with Gasteiger partial charge in [0.05, 0.1) is 18.9 Å². The Bertz CT molecular complexity index is 804. The third kappa shape index (κ3) is 4.67. The number of carbonyl (C=O) groups is 2. The Balaban J connectivity index is 1.61. The first kappa shape index (κ1) is 19.0. The molecule has 1 saturated carbocycles. The number of anilines is 1. The SMILES string of the molecule is COc1cccc(NC(=O)C2CC2C(=O)N(Cc2ccccc2)C(C)C)c1. The van der Waals surface area contributed by atoms with E-state index in [4.69, 9.17) is 4.74 Å². The van der Waals surface area contributed by atoms with Crippen molar-refractivity contribution in [2.24, 2.45) is 11.8 Å². The molecule has 2 unspecified atom stereocenters. The van der Waals surface area contributed by atoms with Gasteiger partial charge in [-0.15, -0.1) is 0 Å². The molecule has 0 aliphatic heterocycles. The van der Waals surface area contributed by atoms with Crippen molar-refractivity contribution in [2.45, 2.75) is 32.9 Å². The van der Waals surface area contributed by atoms with Crippen molar-refractivity contribution in [3.8, 4) is 5.75 Å². The maximum absolute atomic E-state index is 12.9. The second-order valence-electron chi connectivity index (χ2n) is 7.22. The molecule has 142 valence electrons. The minimum absolute atomic E-state index is 0.0552. The zero-order chi connectivity index (χ0) is 19.4. The first-order valence-corrected chi connectivity index (χ1v) is 9.29. The van der Waals surface area contributed by atoms with Gasteiger partial charge >= 0.3 is 0 Å². The molecule has 0 bridgehead atoms. The lowest BCUT2D eigenvalue weighted by Crippen LogP contribution is -2.38. The van der Waals surface area contributed by atoms with E-state index in [1.807, 2.05) is 67.3 Å². The van der Waals surface area contributed by atoms with Gasteiger partial charge in [-0.2, -0.15) is 0 Å². The van der Waals surface area contributed by atoms with Crippen molar-refractivity contribution >= 4 is 17.5 Å². The molecule has 0 aromatic heterocycles. The maximum atomic E-state index is 12.9. The summed E-state index contributed by atoms with van der Waals surface area (Å²) in [6.45, 7) is 4.58. The number of benzene rings is 2. The summed E-state index contributed by atoms with van der Waals surface area (Å²) in [5.74, 6) is 0.136. The normalized spacial score (nSPS) is 18.1. The predicted octanol–water partition coefficient (Wildman–Crippen LogP) is 3.71. The van der Waals surface area contributed by atoms with E-state index >= 15 is 0 Å². The molecule has 1 fully saturated rings. The van der Waals surface area contributed by atoms with Crippen LogP contribution in [-0.4, -0.2) is 29.9 Å². The summed E-state index contributed by atoms with van der Waals surface area (Å²) in [4.78, 5) is 27.3. The first-order valence-electron chi connectivity index (χ1n) is 9.29. The average Bonchev–Trinajstić information content (AvgIpc) is 3.47. The Morgan fingerprint density at radius 2 is 1.85 bits per heavy atom. The fourth-order valence-corrected chi connectivity index (χ4v) is 3.20. The largest absolute Gasteiger partial charge is 0.497 e. The molecule has 0 heterocycles. The van der Waals surface area contributed by atoms with Crippen LogP contribution in [0.1, 0.15) is 25.8 Å². The van der Waals surface area contributed by atoms with Crippen molar-refractivity contribution in [2.75, 3.05) is 12.4 Å². The maximum Gasteiger partial charge on any atom is 0.228 e. The van der Waals surface area contributed by atoms with Crippen LogP contribution in [0.4, 0.5) is 5.69 Å². The standard InChI is InChI=1S/C22H26N2O3/c1-15(2)24(14-16-8-5-4-6-9-16)22(26)20-13-19(20)21(25)23-17-10-7-11-18(12-17)27-3/h4-12,15,19-20H,13-14H2,1-3H3,(H,23,25). The summed E-state index contributed by atoms with van der Waals surface area (Å²) in [6, 6.07) is 17.3. The number of hydrogen-bond donors (Lipinski definition) is 1. The van der Waals surface area contributed by atoms with E-state index < -0.39 is 0 Å². The third-order valence-corrected chi connectivity index (χ3v) is 4.88. The first-order chi connectivity index (χ1) is 13.0. The number of nitrogens with one attached hydrogen (secondary N) is 1. The van der Waals surface area contributed by atoms with Gasteiger partial charge in [0.15, 0.2) is 0 Å². The lowest BCUT2D eigenvalue weighted by Gasteiger charge is -2.27. The van der Waals surface area contributed by atoms with Crippen molar-refractivity contribution in [3.05, 3.63) is 60.2 Å². The monoisotopic (exact) mass is 366 g/mol. The van der Waals surface area contributed by atoms with Crippen LogP contribution in [0.25, 0.3) is 0 Å². The Morgan fingerprint density at radius 3 is 2.52 bits per heavy atom. The fourth-order valence-electron chi connectivity index (χ4n) is 3.20. The van der Waals surface area contributed by atoms with Crippen LogP contribution >= 0.6 is 0 Å². The Labute approximate surface area is 160 Å². The van der Waals surface area contributed by atoms with Crippen LogP contribution in [0.3, 0.4) is 0 Å². The molecule has 2 aromatic rings. The Morgan fingerprint density at radius 1 is 1.11 bits per heavy atom. The van der Waals surface area contributed by atoms with Gasteiger partial charge in [0.2, 0.25) is 11.8 Å². The number of amides is 2. The molecule has 2 atom stereocenters. The smallest absolute Gasteiger partial charge is 0.228 e. The predicted molar refractivity (Wildman–Crippen MR) is 105 cm³/mol. The lowest BCUT2D eigenvalue weighted by atomic mass is 10.1. The molecular formula is C22H26N2O3. The second-order valence-corrected chi connectivity index (χ2v) is 7.22. The molecule has 5 heteroatoms. The summed E-state index contributed by atoms with van der Waals surface area (Å²) in [5, 5.41) is 2.89. The highest BCUT2D eigenvalue weighted by molar-refractivity contribution is 5.99. The number of hydrogen-bond acceptors (Lipinski definition) is 3. The second kappa shape index (κ2) is 8.25. The third-order valence-electron chi connectivity index (χ3n) is 4.88. The molecule has 3 rings (SSSR count). The van der Waals surface area contributed by atoms with Gasteiger partial charge in [-0.3, -0.25) is 9.59 Å². The summed E-state index contributed by atoms with van der Waals surface area (Å²) < 4.78 is 5.17. The number of methoxy groups -OCH3 is 1. The molecule has 0 radical (unpaired) electrons. The van der Waals surface area contributed by atoms with E-state index in [1.54, 1.807) is 13.2 Å². The molecular weight excluding hydrogens is 340 g/mol. The van der Waals surface area contributed by atoms with Crippen LogP contribution in [-0.2, 0) is 16.1 Å². The Hall–Kier alpha value is -2.82. The van der Waals surface area contributed by atoms with Crippen molar-refractivity contribution < 1.29 is 14.3 Å². The minimum Gasteiger partial charge on any atom is -0.497 e. The van der Waals surface area contributed by atoms with E-state index in [0.29, 0.717) is 24.4 Å². The molecule has 1 N–H and O–H groups in total. The van der Waals surface area contributed by atoms with Gasteiger partial charge in [-0.05, 0) is 38.0 Å². The van der Waals surface area contributed by atoms with Crippen LogP contribution in [0.5, 0.6) is 5.75 Å². The molecule has 2 aromatic carbocycles. The van der Waals surface area contributed by atoms with Crippen molar-refractivity contribution in [1.82, 2.24) is 4.90 Å². The zero-order valence-corrected chi connectivity index (χ0v) is 16.0. The van der Waals surface area contributed by atoms with Gasteiger partial charge in [-0.25, -0.2) is 0 Å². The topological polar surface area (TPSA) is 58.6 Å². The lowest BCUT2D eigenvalue weighted by molar-refractivity contribution is -0.136. The minimum atomic E-state index is -0.263. The highest BCUT2D eigenvalue weighted by atomic mass is 16.5. The fraction of sp³-hybridized carbons (Fsp3) is 0.364. The van der Waals surface area contributed by atoms with Gasteiger partial charge < -0.3 is 15.0 Å². The zero-order valence-electron chi connectivity index (χ0n) is 16.0. The van der Waals surface area contributed by atoms with Gasteiger partial charge in [0, 0.05) is 24.3 Å². The highest BCUT2D eigenvalue weighted by Crippen LogP contribution is 2.41. The van der Waals surface area contributed by atoms with E-state index in [1.165, 1.54) is 0 Å². The van der Waals surface area contributed by atoms with E-state index in [9.17, 15) is 9.59 Å². The van der Waals surface area contributed by atoms with Crippen LogP contribution in [0.2, 0.25) is 0 Å². The molecule has 27 heavy (non-hydrogen) atoms. The molecule has 2 amide bonds. The van der Waals surface area contributed by atoms with E-state index in [-0.39, 0.29) is 29.7 Å². The van der Waals surface area contributed by atoms with Crippen LogP contribution in [0, 0.1) is 11.8 Å². The summed E-state index contributed by atoms with van der Waals surface area (Å²) in [5.41, 5.74) is 1.78. The summed E-state index contributed by atoms with van der Waals surface area (Å²) in [6.07, 6.45) is 0.604. The van der Waals surface area contributed by atoms with E-state index in [0.717, 1.165) is 5.56 Å². The molecule has 1 aliphatic carbocycles. The molecule has 1 aliphatic rings. The van der Waals surface area contributed by atoms with Crippen LogP contribution < -0.4 is 10.1 Å². The highest BCUT2D eigenvalue weighted by Gasteiger charge is 2.49. The van der Waals surface area contributed by atoms with Gasteiger partial charge in [0.25, 0.3) is 0 Å². The summed E-state index contributed by atoms with van der Waals surface area (Å²) in [7, 11) is 1.59. The number of rotatable bonds is 7. The quantitative estimate of drug-likeness (QED) is 0.813. The van der Waals surface area contributed by atoms with Crippen molar-refractivity contribution in [1.29, 1.82) is 0 Å². The molecule has 0 saturated heterocycles. The van der Waals surface area contributed by atoms with E-state index in [2.05, 4.69) is 5.32 Å². The van der Waals surface area contributed by atoms with Gasteiger partial charge in [0.1, 0.15) is 5.75 Å². The average molecular weight is 366 g/mol. The van der Waals surface area contributed by atoms with Crippen LogP contribution in [0.15, 0.2) is 54.6 Å². The number of carbonyl (C=O) groups excluding carboxylic acids is 2. The Kier molecular flexibility index (Phi) is 5.79. The number of nitrogens with zero attached hydrogens (tertiary/aromatic N) is 1. The molecule has 0 spiro atoms. The van der Waals surface area contributed by atoms with Crippen molar-refractivity contribution in [3.63, 3.8) is 0 Å². The molecule has 5 nitrogen and oxygen atoms in total. The summed E-state index contributed by atoms with van der Waals surface area (Å²) >= 11 is 0. The number of ether oxygens (including phenoxy) is 1. The van der Waals surface area contributed by atoms with Gasteiger partial charge in [-0.1, -0.05) is 36.4 Å².